The predicted molar refractivity (Wildman–Crippen MR) is 62.2 cm³/mol. The summed E-state index contributed by atoms with van der Waals surface area (Å²) in [5, 5.41) is 6.84. The molecule has 2 aromatic heterocycles. The Morgan fingerprint density at radius 3 is 2.80 bits per heavy atom. The summed E-state index contributed by atoms with van der Waals surface area (Å²) in [4.78, 5) is 11.0. The van der Waals surface area contributed by atoms with Crippen LogP contribution < -0.4 is 5.32 Å². The number of hydrogen-bond donors (Lipinski definition) is 1. The number of nitrogens with zero attached hydrogens (tertiary/aromatic N) is 1. The lowest BCUT2D eigenvalue weighted by molar-refractivity contribution is -0.114. The van der Waals surface area contributed by atoms with Gasteiger partial charge in [-0.15, -0.1) is 11.3 Å². The first-order chi connectivity index (χ1) is 7.25. The topological polar surface area (TPSA) is 34.0 Å². The first kappa shape index (κ1) is 9.98. The molecule has 15 heavy (non-hydrogen) atoms. The average molecular weight is 220 g/mol. The molecule has 2 heterocycles. The lowest BCUT2D eigenvalue weighted by Gasteiger charge is -2.05. The molecule has 4 heteroatoms. The Kier molecular flexibility index (Phi) is 2.87. The van der Waals surface area contributed by atoms with Gasteiger partial charge >= 0.3 is 0 Å². The van der Waals surface area contributed by atoms with E-state index in [0.29, 0.717) is 0 Å². The van der Waals surface area contributed by atoms with Gasteiger partial charge in [0.05, 0.1) is 5.69 Å². The van der Waals surface area contributed by atoms with E-state index in [1.54, 1.807) is 11.3 Å². The van der Waals surface area contributed by atoms with Crippen LogP contribution >= 0.6 is 11.3 Å². The minimum Gasteiger partial charge on any atom is -0.350 e. The van der Waals surface area contributed by atoms with Crippen LogP contribution in [-0.4, -0.2) is 10.5 Å². The van der Waals surface area contributed by atoms with E-state index >= 15 is 0 Å². The highest BCUT2D eigenvalue weighted by Crippen LogP contribution is 2.21. The van der Waals surface area contributed by atoms with Gasteiger partial charge in [0.25, 0.3) is 0 Å². The van der Waals surface area contributed by atoms with E-state index in [-0.39, 0.29) is 5.91 Å². The van der Waals surface area contributed by atoms with Crippen molar-refractivity contribution in [3.63, 3.8) is 0 Å². The van der Waals surface area contributed by atoms with E-state index in [2.05, 4.69) is 15.3 Å². The molecule has 1 N–H and O–H groups in total. The van der Waals surface area contributed by atoms with E-state index in [9.17, 15) is 4.79 Å². The second-order valence-electron chi connectivity index (χ2n) is 3.35. The molecule has 0 aromatic carbocycles. The molecule has 0 bridgehead atoms. The Morgan fingerprint density at radius 1 is 1.40 bits per heavy atom. The lowest BCUT2D eigenvalue weighted by Crippen LogP contribution is -2.07. The first-order valence-electron chi connectivity index (χ1n) is 4.69. The van der Waals surface area contributed by atoms with Gasteiger partial charge in [-0.2, -0.15) is 0 Å². The summed E-state index contributed by atoms with van der Waals surface area (Å²) in [6.07, 6.45) is 4.02. The number of thiophene rings is 1. The largest absolute Gasteiger partial charge is 0.350 e. The Morgan fingerprint density at radius 2 is 2.13 bits per heavy atom. The summed E-state index contributed by atoms with van der Waals surface area (Å²) >= 11 is 1.60. The van der Waals surface area contributed by atoms with Crippen molar-refractivity contribution in [1.29, 1.82) is 0 Å². The van der Waals surface area contributed by atoms with Crippen LogP contribution in [0.4, 0.5) is 5.69 Å². The molecule has 0 saturated heterocycles. The molecule has 0 unspecified atom stereocenters. The van der Waals surface area contributed by atoms with E-state index in [0.717, 1.165) is 17.8 Å². The van der Waals surface area contributed by atoms with E-state index in [1.165, 1.54) is 6.92 Å². The molecule has 2 aromatic rings. The van der Waals surface area contributed by atoms with Gasteiger partial charge in [0, 0.05) is 36.8 Å². The first-order valence-corrected chi connectivity index (χ1v) is 5.63. The van der Waals surface area contributed by atoms with Crippen molar-refractivity contribution in [3.8, 4) is 0 Å². The Balaban J connectivity index is 2.14. The minimum atomic E-state index is -0.0258. The van der Waals surface area contributed by atoms with E-state index < -0.39 is 0 Å². The van der Waals surface area contributed by atoms with Crippen molar-refractivity contribution in [3.05, 3.63) is 40.8 Å². The maximum Gasteiger partial charge on any atom is 0.221 e. The van der Waals surface area contributed by atoms with Gasteiger partial charge in [0.15, 0.2) is 0 Å². The van der Waals surface area contributed by atoms with Crippen molar-refractivity contribution in [2.24, 2.45) is 0 Å². The van der Waals surface area contributed by atoms with Crippen molar-refractivity contribution >= 4 is 22.9 Å². The highest BCUT2D eigenvalue weighted by molar-refractivity contribution is 7.08. The third-order valence-corrected chi connectivity index (χ3v) is 2.86. The molecule has 78 valence electrons. The highest BCUT2D eigenvalue weighted by Gasteiger charge is 2.05. The number of carbonyl (C=O) groups excluding carboxylic acids is 1. The second kappa shape index (κ2) is 4.31. The zero-order chi connectivity index (χ0) is 10.7. The summed E-state index contributed by atoms with van der Waals surface area (Å²) in [6.45, 7) is 2.32. The van der Waals surface area contributed by atoms with E-state index in [4.69, 9.17) is 0 Å². The number of carbonyl (C=O) groups is 1. The maximum absolute atomic E-state index is 11.0. The molecule has 0 atom stereocenters. The lowest BCUT2D eigenvalue weighted by atomic mass is 10.3. The smallest absolute Gasteiger partial charge is 0.221 e. The predicted octanol–water partition coefficient (Wildman–Crippen LogP) is 2.56. The van der Waals surface area contributed by atoms with E-state index in [1.807, 2.05) is 29.9 Å². The normalized spacial score (nSPS) is 10.2. The number of nitrogens with one attached hydrogen (secondary N) is 1. The van der Waals surface area contributed by atoms with Crippen molar-refractivity contribution in [2.45, 2.75) is 13.5 Å². The van der Waals surface area contributed by atoms with Crippen molar-refractivity contribution in [1.82, 2.24) is 4.57 Å². The van der Waals surface area contributed by atoms with Gasteiger partial charge in [-0.25, -0.2) is 0 Å². The van der Waals surface area contributed by atoms with Crippen molar-refractivity contribution < 1.29 is 4.79 Å². The van der Waals surface area contributed by atoms with Gasteiger partial charge in [-0.3, -0.25) is 4.79 Å². The fourth-order valence-corrected chi connectivity index (χ4v) is 2.20. The van der Waals surface area contributed by atoms with Gasteiger partial charge < -0.3 is 9.88 Å². The van der Waals surface area contributed by atoms with Gasteiger partial charge in [-0.1, -0.05) is 0 Å². The standard InChI is InChI=1S/C11H12N2OS/c1-9(14)12-11-8-15-7-10(11)6-13-4-2-3-5-13/h2-5,7-8H,6H2,1H3,(H,12,14). The quantitative estimate of drug-likeness (QED) is 0.847. The average Bonchev–Trinajstić information content (AvgIpc) is 2.78. The van der Waals surface area contributed by atoms with Crippen LogP contribution in [0.3, 0.4) is 0 Å². The Hall–Kier alpha value is -1.55. The molecule has 2 rings (SSSR count). The second-order valence-corrected chi connectivity index (χ2v) is 4.09. The Bertz CT molecular complexity index is 445. The zero-order valence-corrected chi connectivity index (χ0v) is 9.25. The summed E-state index contributed by atoms with van der Waals surface area (Å²) in [7, 11) is 0. The van der Waals surface area contributed by atoms with Gasteiger partial charge in [-0.05, 0) is 17.5 Å². The summed E-state index contributed by atoms with van der Waals surface area (Å²) < 4.78 is 2.08. The number of amides is 1. The molecule has 0 radical (unpaired) electrons. The molecule has 0 aliphatic rings. The van der Waals surface area contributed by atoms with Gasteiger partial charge in [0.2, 0.25) is 5.91 Å². The number of anilines is 1. The summed E-state index contributed by atoms with van der Waals surface area (Å²) in [6, 6.07) is 3.98. The molecule has 0 aliphatic carbocycles. The monoisotopic (exact) mass is 220 g/mol. The fourth-order valence-electron chi connectivity index (χ4n) is 1.42. The molecule has 0 saturated carbocycles. The molecule has 1 amide bonds. The Labute approximate surface area is 92.4 Å². The molecular weight excluding hydrogens is 208 g/mol. The SMILES string of the molecule is CC(=O)Nc1cscc1Cn1cccc1. The zero-order valence-electron chi connectivity index (χ0n) is 8.43. The summed E-state index contributed by atoms with van der Waals surface area (Å²) in [5.41, 5.74) is 2.06. The van der Waals surface area contributed by atoms with Crippen LogP contribution in [0.2, 0.25) is 0 Å². The van der Waals surface area contributed by atoms with Crippen LogP contribution in [0.1, 0.15) is 12.5 Å². The molecule has 0 spiro atoms. The van der Waals surface area contributed by atoms with Crippen LogP contribution in [0, 0.1) is 0 Å². The number of hydrogen-bond acceptors (Lipinski definition) is 2. The van der Waals surface area contributed by atoms with Crippen LogP contribution in [0.5, 0.6) is 0 Å². The molecular formula is C11H12N2OS. The van der Waals surface area contributed by atoms with Crippen LogP contribution in [0.25, 0.3) is 0 Å². The molecule has 3 nitrogen and oxygen atoms in total. The molecule has 0 aliphatic heterocycles. The summed E-state index contributed by atoms with van der Waals surface area (Å²) in [5.74, 6) is -0.0258. The minimum absolute atomic E-state index is 0.0258. The highest BCUT2D eigenvalue weighted by atomic mass is 32.1. The maximum atomic E-state index is 11.0. The molecule has 0 fully saturated rings. The number of rotatable bonds is 3. The third-order valence-electron chi connectivity index (χ3n) is 2.07. The van der Waals surface area contributed by atoms with Crippen LogP contribution in [-0.2, 0) is 11.3 Å². The fraction of sp³-hybridized carbons (Fsp3) is 0.182. The van der Waals surface area contributed by atoms with Crippen LogP contribution in [0.15, 0.2) is 35.3 Å². The number of aromatic nitrogens is 1. The van der Waals surface area contributed by atoms with Gasteiger partial charge in [0.1, 0.15) is 0 Å². The van der Waals surface area contributed by atoms with Crippen molar-refractivity contribution in [2.75, 3.05) is 5.32 Å². The third kappa shape index (κ3) is 2.47.